The van der Waals surface area contributed by atoms with Crippen molar-refractivity contribution in [3.63, 3.8) is 0 Å². The fraction of sp³-hybridized carbons (Fsp3) is 0.231. The molecule has 0 saturated carbocycles. The van der Waals surface area contributed by atoms with Crippen molar-refractivity contribution >= 4 is 17.4 Å². The van der Waals surface area contributed by atoms with Crippen molar-refractivity contribution in [3.8, 4) is 11.3 Å². The number of aryl methyl sites for hydroxylation is 2. The molecule has 88 valence electrons. The number of hydrogen-bond donors (Lipinski definition) is 1. The topological polar surface area (TPSA) is 37.8 Å². The molecule has 1 heterocycles. The predicted octanol–water partition coefficient (Wildman–Crippen LogP) is 3.46. The van der Waals surface area contributed by atoms with Gasteiger partial charge in [-0.15, -0.1) is 0 Å². The second kappa shape index (κ2) is 4.72. The monoisotopic (exact) mass is 247 g/mol. The van der Waals surface area contributed by atoms with E-state index >= 15 is 0 Å². The molecule has 0 aliphatic rings. The van der Waals surface area contributed by atoms with Crippen LogP contribution < -0.4 is 5.32 Å². The second-order valence-electron chi connectivity index (χ2n) is 3.82. The average molecular weight is 248 g/mol. The molecule has 0 fully saturated rings. The van der Waals surface area contributed by atoms with Crippen LogP contribution in [0, 0.1) is 13.8 Å². The second-order valence-corrected chi connectivity index (χ2v) is 4.23. The Balaban J connectivity index is 2.67. The SMILES string of the molecule is CNc1nc(C)c(C)nc1-c1ccccc1Cl. The van der Waals surface area contributed by atoms with E-state index in [-0.39, 0.29) is 0 Å². The zero-order valence-corrected chi connectivity index (χ0v) is 10.8. The van der Waals surface area contributed by atoms with Crippen LogP contribution in [0.15, 0.2) is 24.3 Å². The van der Waals surface area contributed by atoms with Crippen molar-refractivity contribution in [2.45, 2.75) is 13.8 Å². The first-order valence-corrected chi connectivity index (χ1v) is 5.79. The molecule has 1 N–H and O–H groups in total. The molecule has 0 atom stereocenters. The van der Waals surface area contributed by atoms with Gasteiger partial charge in [0.05, 0.1) is 16.4 Å². The minimum atomic E-state index is 0.682. The summed E-state index contributed by atoms with van der Waals surface area (Å²) in [6, 6.07) is 7.64. The molecule has 2 rings (SSSR count). The van der Waals surface area contributed by atoms with Gasteiger partial charge < -0.3 is 5.32 Å². The smallest absolute Gasteiger partial charge is 0.152 e. The molecule has 1 aromatic carbocycles. The number of nitrogens with one attached hydrogen (secondary N) is 1. The van der Waals surface area contributed by atoms with Crippen molar-refractivity contribution in [1.82, 2.24) is 9.97 Å². The molecule has 0 bridgehead atoms. The van der Waals surface area contributed by atoms with E-state index in [4.69, 9.17) is 11.6 Å². The Morgan fingerprint density at radius 3 is 2.35 bits per heavy atom. The summed E-state index contributed by atoms with van der Waals surface area (Å²) in [5.41, 5.74) is 3.53. The molecule has 4 heteroatoms. The van der Waals surface area contributed by atoms with Gasteiger partial charge in [0.15, 0.2) is 5.82 Å². The van der Waals surface area contributed by atoms with Gasteiger partial charge in [0.1, 0.15) is 5.69 Å². The Morgan fingerprint density at radius 1 is 1.06 bits per heavy atom. The molecule has 0 amide bonds. The summed E-state index contributed by atoms with van der Waals surface area (Å²) in [7, 11) is 1.83. The van der Waals surface area contributed by atoms with Crippen molar-refractivity contribution in [1.29, 1.82) is 0 Å². The van der Waals surface area contributed by atoms with Crippen LogP contribution in [0.2, 0.25) is 5.02 Å². The van der Waals surface area contributed by atoms with Crippen LogP contribution in [0.3, 0.4) is 0 Å². The van der Waals surface area contributed by atoms with E-state index in [0.717, 1.165) is 28.5 Å². The van der Waals surface area contributed by atoms with Gasteiger partial charge in [0.2, 0.25) is 0 Å². The zero-order chi connectivity index (χ0) is 12.4. The molecule has 0 aliphatic heterocycles. The Hall–Kier alpha value is -1.61. The number of nitrogens with zero attached hydrogens (tertiary/aromatic N) is 2. The summed E-state index contributed by atoms with van der Waals surface area (Å²) in [6.45, 7) is 3.89. The molecular formula is C13H14ClN3. The fourth-order valence-electron chi connectivity index (χ4n) is 1.62. The van der Waals surface area contributed by atoms with Crippen LogP contribution in [0.1, 0.15) is 11.4 Å². The van der Waals surface area contributed by atoms with Crippen LogP contribution in [0.25, 0.3) is 11.3 Å². The fourth-order valence-corrected chi connectivity index (χ4v) is 1.84. The highest BCUT2D eigenvalue weighted by atomic mass is 35.5. The Labute approximate surface area is 106 Å². The first kappa shape index (κ1) is 11.9. The lowest BCUT2D eigenvalue weighted by molar-refractivity contribution is 1.05. The molecule has 0 spiro atoms. The number of halogens is 1. The summed E-state index contributed by atoms with van der Waals surface area (Å²) >= 11 is 6.18. The third-order valence-electron chi connectivity index (χ3n) is 2.67. The van der Waals surface area contributed by atoms with E-state index in [9.17, 15) is 0 Å². The highest BCUT2D eigenvalue weighted by molar-refractivity contribution is 6.33. The van der Waals surface area contributed by atoms with Crippen LogP contribution in [-0.4, -0.2) is 17.0 Å². The number of rotatable bonds is 2. The van der Waals surface area contributed by atoms with Crippen LogP contribution in [-0.2, 0) is 0 Å². The minimum absolute atomic E-state index is 0.682. The maximum absolute atomic E-state index is 6.18. The van der Waals surface area contributed by atoms with E-state index in [2.05, 4.69) is 15.3 Å². The lowest BCUT2D eigenvalue weighted by Crippen LogP contribution is -2.03. The Bertz CT molecular complexity index is 552. The minimum Gasteiger partial charge on any atom is -0.371 e. The molecule has 0 aliphatic carbocycles. The first-order chi connectivity index (χ1) is 8.13. The van der Waals surface area contributed by atoms with Crippen LogP contribution >= 0.6 is 11.6 Å². The van der Waals surface area contributed by atoms with Gasteiger partial charge in [-0.3, -0.25) is 0 Å². The molecule has 0 unspecified atom stereocenters. The first-order valence-electron chi connectivity index (χ1n) is 5.41. The van der Waals surface area contributed by atoms with Gasteiger partial charge in [-0.05, 0) is 19.9 Å². The largest absolute Gasteiger partial charge is 0.371 e. The van der Waals surface area contributed by atoms with E-state index in [1.165, 1.54) is 0 Å². The van der Waals surface area contributed by atoms with Gasteiger partial charge in [-0.1, -0.05) is 29.8 Å². The lowest BCUT2D eigenvalue weighted by Gasteiger charge is -2.11. The van der Waals surface area contributed by atoms with Gasteiger partial charge in [0, 0.05) is 12.6 Å². The normalized spacial score (nSPS) is 10.4. The lowest BCUT2D eigenvalue weighted by atomic mass is 10.1. The quantitative estimate of drug-likeness (QED) is 0.883. The van der Waals surface area contributed by atoms with E-state index in [1.807, 2.05) is 45.2 Å². The molecular weight excluding hydrogens is 234 g/mol. The Morgan fingerprint density at radius 2 is 1.71 bits per heavy atom. The molecule has 17 heavy (non-hydrogen) atoms. The van der Waals surface area contributed by atoms with Gasteiger partial charge in [-0.2, -0.15) is 0 Å². The summed E-state index contributed by atoms with van der Waals surface area (Å²) in [6.07, 6.45) is 0. The van der Waals surface area contributed by atoms with E-state index in [1.54, 1.807) is 0 Å². The van der Waals surface area contributed by atoms with Gasteiger partial charge in [0.25, 0.3) is 0 Å². The molecule has 0 radical (unpaired) electrons. The van der Waals surface area contributed by atoms with Crippen LogP contribution in [0.4, 0.5) is 5.82 Å². The number of anilines is 1. The molecule has 0 saturated heterocycles. The summed E-state index contributed by atoms with van der Waals surface area (Å²) in [4.78, 5) is 9.04. The van der Waals surface area contributed by atoms with Crippen molar-refractivity contribution < 1.29 is 0 Å². The predicted molar refractivity (Wildman–Crippen MR) is 71.5 cm³/mol. The van der Waals surface area contributed by atoms with E-state index in [0.29, 0.717) is 5.02 Å². The van der Waals surface area contributed by atoms with Crippen molar-refractivity contribution in [2.24, 2.45) is 0 Å². The van der Waals surface area contributed by atoms with Gasteiger partial charge in [-0.25, -0.2) is 9.97 Å². The molecule has 2 aromatic rings. The van der Waals surface area contributed by atoms with Crippen LogP contribution in [0.5, 0.6) is 0 Å². The number of hydrogen-bond acceptors (Lipinski definition) is 3. The number of benzene rings is 1. The van der Waals surface area contributed by atoms with E-state index < -0.39 is 0 Å². The average Bonchev–Trinajstić information content (AvgIpc) is 2.33. The standard InChI is InChI=1S/C13H14ClN3/c1-8-9(2)17-13(15-3)12(16-8)10-6-4-5-7-11(10)14/h4-7H,1-3H3,(H,15,17). The van der Waals surface area contributed by atoms with Crippen molar-refractivity contribution in [3.05, 3.63) is 40.7 Å². The summed E-state index contributed by atoms with van der Waals surface area (Å²) in [5, 5.41) is 3.74. The third kappa shape index (κ3) is 2.24. The Kier molecular flexibility index (Phi) is 3.29. The highest BCUT2D eigenvalue weighted by Crippen LogP contribution is 2.30. The van der Waals surface area contributed by atoms with Crippen molar-refractivity contribution in [2.75, 3.05) is 12.4 Å². The third-order valence-corrected chi connectivity index (χ3v) is 3.00. The molecule has 3 nitrogen and oxygen atoms in total. The zero-order valence-electron chi connectivity index (χ0n) is 10.1. The maximum Gasteiger partial charge on any atom is 0.152 e. The summed E-state index contributed by atoms with van der Waals surface area (Å²) in [5.74, 6) is 0.751. The summed E-state index contributed by atoms with van der Waals surface area (Å²) < 4.78 is 0. The van der Waals surface area contributed by atoms with Gasteiger partial charge >= 0.3 is 0 Å². The molecule has 1 aromatic heterocycles. The highest BCUT2D eigenvalue weighted by Gasteiger charge is 2.12. The number of aromatic nitrogens is 2. The maximum atomic E-state index is 6.18.